The molecule has 1 aromatic rings. The van der Waals surface area contributed by atoms with E-state index in [1.54, 1.807) is 0 Å². The first-order chi connectivity index (χ1) is 9.20. The van der Waals surface area contributed by atoms with Crippen molar-refractivity contribution in [3.8, 4) is 0 Å². The second-order valence-corrected chi connectivity index (χ2v) is 6.01. The molecule has 2 unspecified atom stereocenters. The molecule has 1 aliphatic heterocycles. The van der Waals surface area contributed by atoms with Crippen molar-refractivity contribution in [3.05, 3.63) is 29.3 Å². The maximum absolute atomic E-state index is 3.67. The number of anilines is 1. The maximum atomic E-state index is 3.67. The molecule has 0 amide bonds. The molecule has 0 saturated heterocycles. The van der Waals surface area contributed by atoms with Gasteiger partial charge in [0.25, 0.3) is 0 Å². The van der Waals surface area contributed by atoms with Gasteiger partial charge in [0.15, 0.2) is 0 Å². The highest BCUT2D eigenvalue weighted by molar-refractivity contribution is 5.59. The third-order valence-corrected chi connectivity index (χ3v) is 4.26. The fourth-order valence-corrected chi connectivity index (χ4v) is 2.87. The Morgan fingerprint density at radius 3 is 2.95 bits per heavy atom. The van der Waals surface area contributed by atoms with Crippen LogP contribution < -0.4 is 10.6 Å². The Morgan fingerprint density at radius 2 is 2.16 bits per heavy atom. The molecule has 1 heterocycles. The van der Waals surface area contributed by atoms with Crippen molar-refractivity contribution in [1.29, 1.82) is 0 Å². The summed E-state index contributed by atoms with van der Waals surface area (Å²) in [7, 11) is 0. The average molecular weight is 260 g/mol. The Kier molecular flexibility index (Phi) is 5.26. The number of rotatable bonds is 6. The van der Waals surface area contributed by atoms with Gasteiger partial charge in [0, 0.05) is 24.8 Å². The Balaban J connectivity index is 1.92. The minimum absolute atomic E-state index is 0.592. The van der Waals surface area contributed by atoms with Crippen LogP contribution in [-0.2, 0) is 13.0 Å². The third-order valence-electron chi connectivity index (χ3n) is 4.26. The lowest BCUT2D eigenvalue weighted by Gasteiger charge is -2.23. The first-order valence-corrected chi connectivity index (χ1v) is 7.78. The van der Waals surface area contributed by atoms with E-state index in [1.165, 1.54) is 42.5 Å². The van der Waals surface area contributed by atoms with Crippen LogP contribution in [0.1, 0.15) is 51.2 Å². The van der Waals surface area contributed by atoms with Crippen molar-refractivity contribution >= 4 is 5.69 Å². The summed E-state index contributed by atoms with van der Waals surface area (Å²) in [5.74, 6) is 0.810. The van der Waals surface area contributed by atoms with Crippen LogP contribution in [-0.4, -0.2) is 12.6 Å². The lowest BCUT2D eigenvalue weighted by atomic mass is 9.98. The first-order valence-electron chi connectivity index (χ1n) is 7.78. The summed E-state index contributed by atoms with van der Waals surface area (Å²) < 4.78 is 0. The van der Waals surface area contributed by atoms with Crippen LogP contribution in [0.25, 0.3) is 0 Å². The van der Waals surface area contributed by atoms with Crippen LogP contribution in [0, 0.1) is 5.92 Å². The molecule has 0 saturated carbocycles. The van der Waals surface area contributed by atoms with Gasteiger partial charge in [-0.05, 0) is 43.2 Å². The van der Waals surface area contributed by atoms with Gasteiger partial charge >= 0.3 is 0 Å². The van der Waals surface area contributed by atoms with Gasteiger partial charge in [-0.25, -0.2) is 0 Å². The Hall–Kier alpha value is -1.02. The standard InChI is InChI=1S/C17H28N2/c1-4-13(2)11-14(3)19-12-16-8-5-7-15-9-6-10-18-17(15)16/h5,7-8,13-14,18-19H,4,6,9-12H2,1-3H3. The molecule has 0 bridgehead atoms. The van der Waals surface area contributed by atoms with Crippen molar-refractivity contribution in [2.45, 2.75) is 59.0 Å². The second-order valence-electron chi connectivity index (χ2n) is 6.01. The van der Waals surface area contributed by atoms with Gasteiger partial charge in [-0.3, -0.25) is 0 Å². The molecule has 106 valence electrons. The topological polar surface area (TPSA) is 24.1 Å². The Morgan fingerprint density at radius 1 is 1.32 bits per heavy atom. The second kappa shape index (κ2) is 6.95. The van der Waals surface area contributed by atoms with Crippen molar-refractivity contribution in [3.63, 3.8) is 0 Å². The number of hydrogen-bond acceptors (Lipinski definition) is 2. The number of aryl methyl sites for hydroxylation is 1. The lowest BCUT2D eigenvalue weighted by Crippen LogP contribution is -2.28. The van der Waals surface area contributed by atoms with Gasteiger partial charge in [-0.2, -0.15) is 0 Å². The third kappa shape index (κ3) is 3.97. The molecule has 2 N–H and O–H groups in total. The van der Waals surface area contributed by atoms with Crippen molar-refractivity contribution in [1.82, 2.24) is 5.32 Å². The zero-order valence-electron chi connectivity index (χ0n) is 12.6. The SMILES string of the molecule is CCC(C)CC(C)NCc1cccc2c1NCCC2. The molecule has 2 nitrogen and oxygen atoms in total. The lowest BCUT2D eigenvalue weighted by molar-refractivity contribution is 0.412. The first kappa shape index (κ1) is 14.4. The number of fused-ring (bicyclic) bond motifs is 1. The molecule has 0 fully saturated rings. The summed E-state index contributed by atoms with van der Waals surface area (Å²) in [5.41, 5.74) is 4.30. The smallest absolute Gasteiger partial charge is 0.0418 e. The maximum Gasteiger partial charge on any atom is 0.0418 e. The molecule has 19 heavy (non-hydrogen) atoms. The van der Waals surface area contributed by atoms with Crippen molar-refractivity contribution in [2.75, 3.05) is 11.9 Å². The van der Waals surface area contributed by atoms with Gasteiger partial charge in [0.1, 0.15) is 0 Å². The summed E-state index contributed by atoms with van der Waals surface area (Å²) >= 11 is 0. The predicted octanol–water partition coefficient (Wildman–Crippen LogP) is 3.96. The van der Waals surface area contributed by atoms with E-state index in [2.05, 4.69) is 49.6 Å². The number of nitrogens with one attached hydrogen (secondary N) is 2. The molecular weight excluding hydrogens is 232 g/mol. The van der Waals surface area contributed by atoms with Crippen LogP contribution >= 0.6 is 0 Å². The van der Waals surface area contributed by atoms with Gasteiger partial charge in [0.05, 0.1) is 0 Å². The quantitative estimate of drug-likeness (QED) is 0.809. The van der Waals surface area contributed by atoms with Crippen molar-refractivity contribution in [2.24, 2.45) is 5.92 Å². The van der Waals surface area contributed by atoms with Gasteiger partial charge in [0.2, 0.25) is 0 Å². The molecule has 0 aliphatic carbocycles. The van der Waals surface area contributed by atoms with E-state index >= 15 is 0 Å². The fraction of sp³-hybridized carbons (Fsp3) is 0.647. The van der Waals surface area contributed by atoms with E-state index < -0.39 is 0 Å². The molecule has 2 rings (SSSR count). The van der Waals surface area contributed by atoms with Crippen LogP contribution in [0.2, 0.25) is 0 Å². The molecule has 2 atom stereocenters. The Bertz CT molecular complexity index is 400. The molecular formula is C17H28N2. The van der Waals surface area contributed by atoms with Crippen LogP contribution in [0.15, 0.2) is 18.2 Å². The minimum atomic E-state index is 0.592. The highest BCUT2D eigenvalue weighted by Gasteiger charge is 2.13. The highest BCUT2D eigenvalue weighted by Crippen LogP contribution is 2.26. The zero-order chi connectivity index (χ0) is 13.7. The zero-order valence-corrected chi connectivity index (χ0v) is 12.6. The normalized spacial score (nSPS) is 17.4. The van der Waals surface area contributed by atoms with E-state index in [1.807, 2.05) is 0 Å². The van der Waals surface area contributed by atoms with E-state index in [9.17, 15) is 0 Å². The summed E-state index contributed by atoms with van der Waals surface area (Å²) in [5, 5.41) is 7.24. The summed E-state index contributed by atoms with van der Waals surface area (Å²) in [6.07, 6.45) is 5.01. The summed E-state index contributed by atoms with van der Waals surface area (Å²) in [6, 6.07) is 7.30. The fourth-order valence-electron chi connectivity index (χ4n) is 2.87. The minimum Gasteiger partial charge on any atom is -0.385 e. The number of benzene rings is 1. The summed E-state index contributed by atoms with van der Waals surface area (Å²) in [6.45, 7) is 9.01. The van der Waals surface area contributed by atoms with Crippen LogP contribution in [0.3, 0.4) is 0 Å². The number of para-hydroxylation sites is 1. The summed E-state index contributed by atoms with van der Waals surface area (Å²) in [4.78, 5) is 0. The Labute approximate surface area is 118 Å². The molecule has 0 aromatic heterocycles. The number of hydrogen-bond donors (Lipinski definition) is 2. The van der Waals surface area contributed by atoms with Crippen molar-refractivity contribution < 1.29 is 0 Å². The van der Waals surface area contributed by atoms with Gasteiger partial charge in [-0.15, -0.1) is 0 Å². The van der Waals surface area contributed by atoms with Gasteiger partial charge < -0.3 is 10.6 Å². The van der Waals surface area contributed by atoms with Gasteiger partial charge in [-0.1, -0.05) is 38.5 Å². The van der Waals surface area contributed by atoms with Crippen LogP contribution in [0.5, 0.6) is 0 Å². The van der Waals surface area contributed by atoms with E-state index in [0.29, 0.717) is 6.04 Å². The molecule has 1 aromatic carbocycles. The van der Waals surface area contributed by atoms with E-state index in [-0.39, 0.29) is 0 Å². The molecule has 1 aliphatic rings. The molecule has 0 spiro atoms. The molecule has 0 radical (unpaired) electrons. The van der Waals surface area contributed by atoms with Crippen LogP contribution in [0.4, 0.5) is 5.69 Å². The average Bonchev–Trinajstić information content (AvgIpc) is 2.44. The van der Waals surface area contributed by atoms with E-state index in [0.717, 1.165) is 19.0 Å². The molecule has 2 heteroatoms. The largest absolute Gasteiger partial charge is 0.385 e. The highest BCUT2D eigenvalue weighted by atomic mass is 14.9. The van der Waals surface area contributed by atoms with E-state index in [4.69, 9.17) is 0 Å². The monoisotopic (exact) mass is 260 g/mol. The predicted molar refractivity (Wildman–Crippen MR) is 83.6 cm³/mol.